The van der Waals surface area contributed by atoms with Crippen LogP contribution in [0.2, 0.25) is 0 Å². The van der Waals surface area contributed by atoms with Gasteiger partial charge in [-0.05, 0) is 42.3 Å². The van der Waals surface area contributed by atoms with Crippen LogP contribution in [0, 0.1) is 5.82 Å². The van der Waals surface area contributed by atoms with E-state index in [4.69, 9.17) is 9.47 Å². The summed E-state index contributed by atoms with van der Waals surface area (Å²) in [6.45, 7) is 1.52. The van der Waals surface area contributed by atoms with E-state index in [0.29, 0.717) is 11.5 Å². The van der Waals surface area contributed by atoms with E-state index < -0.39 is 27.2 Å². The molecule has 2 atom stereocenters. The first-order valence-electron chi connectivity index (χ1n) is 10.1. The van der Waals surface area contributed by atoms with Crippen LogP contribution in [0.1, 0.15) is 30.0 Å². The van der Waals surface area contributed by atoms with Crippen molar-refractivity contribution in [1.29, 1.82) is 0 Å². The summed E-state index contributed by atoms with van der Waals surface area (Å²) in [5.74, 6) is 0.463. The molecule has 0 aliphatic carbocycles. The molecule has 0 saturated heterocycles. The predicted molar refractivity (Wildman–Crippen MR) is 121 cm³/mol. The van der Waals surface area contributed by atoms with E-state index in [1.165, 1.54) is 11.2 Å². The lowest BCUT2D eigenvalue weighted by Gasteiger charge is -2.28. The molecule has 0 fully saturated rings. The average molecular weight is 476 g/mol. The van der Waals surface area contributed by atoms with Crippen LogP contribution in [-0.4, -0.2) is 47.3 Å². The zero-order valence-electron chi connectivity index (χ0n) is 18.6. The number of rotatable bonds is 10. The highest BCUT2D eigenvalue weighted by molar-refractivity contribution is 7.89. The minimum Gasteiger partial charge on any atom is -0.497 e. The van der Waals surface area contributed by atoms with Crippen molar-refractivity contribution in [2.24, 2.45) is 0 Å². The van der Waals surface area contributed by atoms with Crippen molar-refractivity contribution in [2.75, 3.05) is 14.2 Å². The first-order chi connectivity index (χ1) is 15.7. The van der Waals surface area contributed by atoms with Crippen molar-refractivity contribution in [1.82, 2.24) is 14.3 Å². The number of nitrogens with zero attached hydrogens (tertiary/aromatic N) is 3. The first kappa shape index (κ1) is 24.6. The summed E-state index contributed by atoms with van der Waals surface area (Å²) in [4.78, 5) is 7.46. The molecule has 8 nitrogen and oxygen atoms in total. The summed E-state index contributed by atoms with van der Waals surface area (Å²) in [6.07, 6.45) is 0.235. The number of aromatic nitrogens is 2. The summed E-state index contributed by atoms with van der Waals surface area (Å²) < 4.78 is 51.9. The quantitative estimate of drug-likeness (QED) is 0.481. The maximum absolute atomic E-state index is 13.6. The third-order valence-corrected chi connectivity index (χ3v) is 7.39. The van der Waals surface area contributed by atoms with E-state index in [0.717, 1.165) is 23.5 Å². The number of hydrogen-bond donors (Lipinski definition) is 1. The number of benzene rings is 2. The average Bonchev–Trinajstić information content (AvgIpc) is 2.84. The molecule has 0 unspecified atom stereocenters. The molecule has 33 heavy (non-hydrogen) atoms. The lowest BCUT2D eigenvalue weighted by atomic mass is 10.2. The lowest BCUT2D eigenvalue weighted by molar-refractivity contribution is 0.162. The Balaban J connectivity index is 1.91. The minimum absolute atomic E-state index is 0.0691. The molecule has 1 heterocycles. The molecular formula is C23H26FN3O5S. The van der Waals surface area contributed by atoms with Crippen molar-refractivity contribution in [2.45, 2.75) is 31.4 Å². The summed E-state index contributed by atoms with van der Waals surface area (Å²) in [7, 11) is -0.936. The Kier molecular flexibility index (Phi) is 7.96. The zero-order chi connectivity index (χ0) is 24.0. The summed E-state index contributed by atoms with van der Waals surface area (Å²) in [6, 6.07) is 14.1. The van der Waals surface area contributed by atoms with E-state index in [-0.39, 0.29) is 18.9 Å². The van der Waals surface area contributed by atoms with Crippen LogP contribution < -0.4 is 9.47 Å². The van der Waals surface area contributed by atoms with Crippen LogP contribution in [0.5, 0.6) is 11.5 Å². The topological polar surface area (TPSA) is 102 Å². The normalized spacial score (nSPS) is 13.5. The zero-order valence-corrected chi connectivity index (χ0v) is 19.4. The number of sulfonamides is 1. The van der Waals surface area contributed by atoms with Crippen molar-refractivity contribution >= 4 is 10.0 Å². The fraction of sp³-hybridized carbons (Fsp3) is 0.304. The summed E-state index contributed by atoms with van der Waals surface area (Å²) in [5.41, 5.74) is 1.49. The second kappa shape index (κ2) is 10.7. The molecule has 0 bridgehead atoms. The maximum atomic E-state index is 13.6. The predicted octanol–water partition coefficient (Wildman–Crippen LogP) is 3.09. The fourth-order valence-electron chi connectivity index (χ4n) is 3.19. The molecule has 2 aromatic carbocycles. The molecule has 3 rings (SSSR count). The number of ether oxygens (including phenoxy) is 2. The molecule has 0 aliphatic rings. The third-order valence-electron chi connectivity index (χ3n) is 5.22. The molecule has 0 amide bonds. The van der Waals surface area contributed by atoms with Gasteiger partial charge >= 0.3 is 0 Å². The third kappa shape index (κ3) is 6.04. The van der Waals surface area contributed by atoms with Crippen LogP contribution in [0.3, 0.4) is 0 Å². The Morgan fingerprint density at radius 1 is 0.909 bits per heavy atom. The van der Waals surface area contributed by atoms with Gasteiger partial charge in [0.25, 0.3) is 0 Å². The van der Waals surface area contributed by atoms with Gasteiger partial charge in [-0.15, -0.1) is 0 Å². The van der Waals surface area contributed by atoms with Crippen LogP contribution in [0.15, 0.2) is 60.9 Å². The molecule has 0 spiro atoms. The molecule has 0 aliphatic heterocycles. The smallest absolute Gasteiger partial charge is 0.220 e. The Hall–Kier alpha value is -3.08. The first-order valence-corrected chi connectivity index (χ1v) is 11.6. The molecule has 176 valence electrons. The van der Waals surface area contributed by atoms with Gasteiger partial charge in [0.1, 0.15) is 22.9 Å². The largest absolute Gasteiger partial charge is 0.497 e. The molecule has 10 heteroatoms. The van der Waals surface area contributed by atoms with Gasteiger partial charge in [-0.3, -0.25) is 0 Å². The van der Waals surface area contributed by atoms with Crippen molar-refractivity contribution in [3.05, 3.63) is 83.7 Å². The maximum Gasteiger partial charge on any atom is 0.220 e. The van der Waals surface area contributed by atoms with Crippen molar-refractivity contribution in [3.8, 4) is 11.5 Å². The highest BCUT2D eigenvalue weighted by Crippen LogP contribution is 2.26. The van der Waals surface area contributed by atoms with Gasteiger partial charge in [-0.2, -0.15) is 4.31 Å². The SMILES string of the molecule is COc1ccc(CN(Cc2ccc(OC)cc2)S(=O)(=O)[C@H](C)[C@@H](O)c2ncc(F)cn2)cc1. The lowest BCUT2D eigenvalue weighted by Crippen LogP contribution is -2.40. The summed E-state index contributed by atoms with van der Waals surface area (Å²) >= 11 is 0. The van der Waals surface area contributed by atoms with Crippen molar-refractivity contribution < 1.29 is 27.4 Å². The Morgan fingerprint density at radius 3 is 1.73 bits per heavy atom. The molecule has 1 aromatic heterocycles. The highest BCUT2D eigenvalue weighted by atomic mass is 32.2. The van der Waals surface area contributed by atoms with E-state index in [9.17, 15) is 17.9 Å². The van der Waals surface area contributed by atoms with Crippen LogP contribution in [0.25, 0.3) is 0 Å². The van der Waals surface area contributed by atoms with Crippen molar-refractivity contribution in [3.63, 3.8) is 0 Å². The number of aliphatic hydroxyl groups excluding tert-OH is 1. The van der Waals surface area contributed by atoms with Crippen LogP contribution in [-0.2, 0) is 23.1 Å². The standard InChI is InChI=1S/C23H26FN3O5S/c1-16(22(28)23-25-12-19(24)13-26-23)33(29,30)27(14-17-4-8-20(31-2)9-5-17)15-18-6-10-21(32-3)11-7-18/h4-13,16,22,28H,14-15H2,1-3H3/t16-,22-/m1/s1. The monoisotopic (exact) mass is 475 g/mol. The molecule has 0 radical (unpaired) electrons. The minimum atomic E-state index is -4.04. The van der Waals surface area contributed by atoms with E-state index in [2.05, 4.69) is 9.97 Å². The highest BCUT2D eigenvalue weighted by Gasteiger charge is 2.36. The van der Waals surface area contributed by atoms with Gasteiger partial charge in [-0.1, -0.05) is 24.3 Å². The Bertz CT molecular complexity index is 1090. The van der Waals surface area contributed by atoms with Gasteiger partial charge in [0.15, 0.2) is 11.6 Å². The van der Waals surface area contributed by atoms with Gasteiger partial charge in [0.05, 0.1) is 26.6 Å². The van der Waals surface area contributed by atoms with Gasteiger partial charge in [-0.25, -0.2) is 22.8 Å². The molecular weight excluding hydrogens is 449 g/mol. The van der Waals surface area contributed by atoms with E-state index >= 15 is 0 Å². The number of aliphatic hydroxyl groups is 1. The Labute approximate surface area is 192 Å². The van der Waals surface area contributed by atoms with Gasteiger partial charge < -0.3 is 14.6 Å². The fourth-order valence-corrected chi connectivity index (χ4v) is 4.76. The Morgan fingerprint density at radius 2 is 1.33 bits per heavy atom. The van der Waals surface area contributed by atoms with E-state index in [1.807, 2.05) is 0 Å². The number of hydrogen-bond acceptors (Lipinski definition) is 7. The number of halogens is 1. The van der Waals surface area contributed by atoms with Gasteiger partial charge in [0, 0.05) is 13.1 Å². The van der Waals surface area contributed by atoms with Crippen LogP contribution >= 0.6 is 0 Å². The van der Waals surface area contributed by atoms with E-state index in [1.54, 1.807) is 62.8 Å². The summed E-state index contributed by atoms with van der Waals surface area (Å²) in [5, 5.41) is 9.37. The molecule has 1 N–H and O–H groups in total. The second-order valence-electron chi connectivity index (χ2n) is 7.42. The van der Waals surface area contributed by atoms with Crippen LogP contribution in [0.4, 0.5) is 4.39 Å². The van der Waals surface area contributed by atoms with Gasteiger partial charge in [0.2, 0.25) is 10.0 Å². The molecule has 3 aromatic rings. The second-order valence-corrected chi connectivity index (χ2v) is 9.71. The molecule has 0 saturated carbocycles. The number of methoxy groups -OCH3 is 2.